The van der Waals surface area contributed by atoms with E-state index in [2.05, 4.69) is 5.32 Å². The summed E-state index contributed by atoms with van der Waals surface area (Å²) in [5.74, 6) is 0. The fraction of sp³-hybridized carbons (Fsp3) is 0.400. The van der Waals surface area contributed by atoms with E-state index >= 15 is 0 Å². The van der Waals surface area contributed by atoms with Crippen molar-refractivity contribution in [2.45, 2.75) is 6.29 Å². The zero-order chi connectivity index (χ0) is 10.4. The van der Waals surface area contributed by atoms with Gasteiger partial charge in [-0.05, 0) is 24.3 Å². The maximum absolute atomic E-state index is 5.56. The van der Waals surface area contributed by atoms with Gasteiger partial charge in [-0.1, -0.05) is 0 Å². The number of hydrogen-bond acceptors (Lipinski definition) is 4. The predicted molar refractivity (Wildman–Crippen MR) is 57.2 cm³/mol. The van der Waals surface area contributed by atoms with E-state index in [1.165, 1.54) is 0 Å². The lowest BCUT2D eigenvalue weighted by molar-refractivity contribution is -0.0914. The molecule has 14 heavy (non-hydrogen) atoms. The van der Waals surface area contributed by atoms with Gasteiger partial charge in [0.25, 0.3) is 0 Å². The summed E-state index contributed by atoms with van der Waals surface area (Å²) in [4.78, 5) is 0. The summed E-state index contributed by atoms with van der Waals surface area (Å²) in [5, 5.41) is 3.17. The highest BCUT2D eigenvalue weighted by Crippen LogP contribution is 2.10. The maximum atomic E-state index is 5.56. The molecule has 1 rings (SSSR count). The van der Waals surface area contributed by atoms with E-state index in [1.807, 2.05) is 24.3 Å². The summed E-state index contributed by atoms with van der Waals surface area (Å²) < 4.78 is 10.1. The molecular formula is C10H16N2O2. The molecule has 0 aliphatic rings. The lowest BCUT2D eigenvalue weighted by Gasteiger charge is -2.14. The first kappa shape index (κ1) is 10.8. The van der Waals surface area contributed by atoms with Crippen molar-refractivity contribution in [1.82, 2.24) is 0 Å². The average Bonchev–Trinajstić information content (AvgIpc) is 2.22. The molecule has 0 fully saturated rings. The van der Waals surface area contributed by atoms with Crippen LogP contribution in [0.25, 0.3) is 0 Å². The minimum atomic E-state index is -0.229. The van der Waals surface area contributed by atoms with E-state index in [0.29, 0.717) is 6.54 Å². The van der Waals surface area contributed by atoms with Gasteiger partial charge in [0.2, 0.25) is 0 Å². The third-order valence-electron chi connectivity index (χ3n) is 1.91. The van der Waals surface area contributed by atoms with Crippen molar-refractivity contribution in [3.8, 4) is 0 Å². The van der Waals surface area contributed by atoms with Gasteiger partial charge in [0.1, 0.15) is 0 Å². The molecule has 0 saturated heterocycles. The highest BCUT2D eigenvalue weighted by molar-refractivity contribution is 5.51. The second kappa shape index (κ2) is 5.47. The topological polar surface area (TPSA) is 56.5 Å². The maximum Gasteiger partial charge on any atom is 0.173 e. The lowest BCUT2D eigenvalue weighted by Crippen LogP contribution is -2.23. The Labute approximate surface area is 84.0 Å². The summed E-state index contributed by atoms with van der Waals surface area (Å²) >= 11 is 0. The SMILES string of the molecule is COC(CNc1ccc(N)cc1)OC. The van der Waals surface area contributed by atoms with Gasteiger partial charge < -0.3 is 20.5 Å². The number of anilines is 2. The van der Waals surface area contributed by atoms with E-state index < -0.39 is 0 Å². The van der Waals surface area contributed by atoms with Gasteiger partial charge in [0.05, 0.1) is 6.54 Å². The molecule has 4 nitrogen and oxygen atoms in total. The Bertz CT molecular complexity index is 257. The highest BCUT2D eigenvalue weighted by atomic mass is 16.7. The number of hydrogen-bond donors (Lipinski definition) is 2. The standard InChI is InChI=1S/C10H16N2O2/c1-13-10(14-2)7-12-9-5-3-8(11)4-6-9/h3-6,10,12H,7,11H2,1-2H3. The van der Waals surface area contributed by atoms with Gasteiger partial charge in [-0.25, -0.2) is 0 Å². The summed E-state index contributed by atoms with van der Waals surface area (Å²) in [6.45, 7) is 0.608. The van der Waals surface area contributed by atoms with Crippen molar-refractivity contribution >= 4 is 11.4 Å². The van der Waals surface area contributed by atoms with Crippen LogP contribution < -0.4 is 11.1 Å². The Morgan fingerprint density at radius 2 is 1.79 bits per heavy atom. The normalized spacial score (nSPS) is 10.5. The number of ether oxygens (including phenoxy) is 2. The summed E-state index contributed by atoms with van der Waals surface area (Å²) in [6, 6.07) is 7.52. The zero-order valence-corrected chi connectivity index (χ0v) is 8.49. The molecular weight excluding hydrogens is 180 g/mol. The highest BCUT2D eigenvalue weighted by Gasteiger charge is 2.03. The van der Waals surface area contributed by atoms with Crippen LogP contribution in [-0.2, 0) is 9.47 Å². The third-order valence-corrected chi connectivity index (χ3v) is 1.91. The fourth-order valence-electron chi connectivity index (χ4n) is 1.07. The summed E-state index contributed by atoms with van der Waals surface area (Å²) in [6.07, 6.45) is -0.229. The third kappa shape index (κ3) is 3.24. The predicted octanol–water partition coefficient (Wildman–Crippen LogP) is 1.30. The summed E-state index contributed by atoms with van der Waals surface area (Å²) in [7, 11) is 3.22. The van der Waals surface area contributed by atoms with Crippen molar-refractivity contribution in [3.05, 3.63) is 24.3 Å². The Morgan fingerprint density at radius 3 is 2.29 bits per heavy atom. The Kier molecular flexibility index (Phi) is 4.22. The number of nitrogen functional groups attached to an aromatic ring is 1. The molecule has 0 radical (unpaired) electrons. The second-order valence-corrected chi connectivity index (χ2v) is 2.90. The molecule has 0 spiro atoms. The van der Waals surface area contributed by atoms with Crippen LogP contribution in [0.4, 0.5) is 11.4 Å². The molecule has 0 atom stereocenters. The van der Waals surface area contributed by atoms with Crippen molar-refractivity contribution < 1.29 is 9.47 Å². The van der Waals surface area contributed by atoms with E-state index in [-0.39, 0.29) is 6.29 Å². The number of rotatable bonds is 5. The minimum Gasteiger partial charge on any atom is -0.399 e. The molecule has 0 heterocycles. The van der Waals surface area contributed by atoms with Gasteiger partial charge in [0, 0.05) is 25.6 Å². The lowest BCUT2D eigenvalue weighted by atomic mass is 10.3. The molecule has 0 unspecified atom stereocenters. The Morgan fingerprint density at radius 1 is 1.21 bits per heavy atom. The molecule has 78 valence electrons. The largest absolute Gasteiger partial charge is 0.399 e. The van der Waals surface area contributed by atoms with Crippen molar-refractivity contribution in [1.29, 1.82) is 0 Å². The smallest absolute Gasteiger partial charge is 0.173 e. The molecule has 0 aliphatic carbocycles. The van der Waals surface area contributed by atoms with Crippen LogP contribution in [0.15, 0.2) is 24.3 Å². The molecule has 0 aliphatic heterocycles. The molecule has 4 heteroatoms. The number of nitrogens with two attached hydrogens (primary N) is 1. The van der Waals surface area contributed by atoms with Crippen LogP contribution in [0, 0.1) is 0 Å². The van der Waals surface area contributed by atoms with E-state index in [0.717, 1.165) is 11.4 Å². The van der Waals surface area contributed by atoms with Gasteiger partial charge in [-0.2, -0.15) is 0 Å². The van der Waals surface area contributed by atoms with E-state index in [1.54, 1.807) is 14.2 Å². The second-order valence-electron chi connectivity index (χ2n) is 2.90. The minimum absolute atomic E-state index is 0.229. The molecule has 0 aromatic heterocycles. The first-order valence-electron chi connectivity index (χ1n) is 4.41. The van der Waals surface area contributed by atoms with E-state index in [4.69, 9.17) is 15.2 Å². The van der Waals surface area contributed by atoms with Crippen LogP contribution in [0.5, 0.6) is 0 Å². The van der Waals surface area contributed by atoms with E-state index in [9.17, 15) is 0 Å². The molecule has 1 aromatic carbocycles. The van der Waals surface area contributed by atoms with Gasteiger partial charge in [0.15, 0.2) is 6.29 Å². The molecule has 3 N–H and O–H groups in total. The van der Waals surface area contributed by atoms with Gasteiger partial charge >= 0.3 is 0 Å². The monoisotopic (exact) mass is 196 g/mol. The van der Waals surface area contributed by atoms with Crippen molar-refractivity contribution in [3.63, 3.8) is 0 Å². The first-order chi connectivity index (χ1) is 6.76. The van der Waals surface area contributed by atoms with Crippen LogP contribution in [0.3, 0.4) is 0 Å². The number of nitrogens with one attached hydrogen (secondary N) is 1. The Hall–Kier alpha value is -1.26. The van der Waals surface area contributed by atoms with Crippen LogP contribution in [-0.4, -0.2) is 27.1 Å². The van der Waals surface area contributed by atoms with Crippen LogP contribution >= 0.6 is 0 Å². The average molecular weight is 196 g/mol. The quantitative estimate of drug-likeness (QED) is 0.550. The molecule has 1 aromatic rings. The molecule has 0 amide bonds. The van der Waals surface area contributed by atoms with Crippen LogP contribution in [0.2, 0.25) is 0 Å². The summed E-state index contributed by atoms with van der Waals surface area (Å²) in [5.41, 5.74) is 7.31. The molecule has 0 bridgehead atoms. The fourth-order valence-corrected chi connectivity index (χ4v) is 1.07. The van der Waals surface area contributed by atoms with Crippen molar-refractivity contribution in [2.75, 3.05) is 31.8 Å². The van der Waals surface area contributed by atoms with Gasteiger partial charge in [-0.15, -0.1) is 0 Å². The number of methoxy groups -OCH3 is 2. The van der Waals surface area contributed by atoms with Gasteiger partial charge in [-0.3, -0.25) is 0 Å². The first-order valence-corrected chi connectivity index (χ1v) is 4.41. The number of benzene rings is 1. The van der Waals surface area contributed by atoms with Crippen LogP contribution in [0.1, 0.15) is 0 Å². The zero-order valence-electron chi connectivity index (χ0n) is 8.49. The molecule has 0 saturated carbocycles. The van der Waals surface area contributed by atoms with Crippen molar-refractivity contribution in [2.24, 2.45) is 0 Å². The Balaban J connectivity index is 2.41.